The highest BCUT2D eigenvalue weighted by Gasteiger charge is 2.48. The molecule has 1 N–H and O–H groups in total. The van der Waals surface area contributed by atoms with Crippen molar-refractivity contribution in [2.75, 3.05) is 11.0 Å². The van der Waals surface area contributed by atoms with Crippen molar-refractivity contribution in [3.63, 3.8) is 0 Å². The number of hydrogen-bond acceptors (Lipinski definition) is 2. The van der Waals surface area contributed by atoms with E-state index < -0.39 is 5.54 Å². The van der Waals surface area contributed by atoms with Crippen molar-refractivity contribution in [2.24, 2.45) is 0 Å². The molecule has 0 aromatic heterocycles. The second-order valence-electron chi connectivity index (χ2n) is 4.81. The summed E-state index contributed by atoms with van der Waals surface area (Å²) >= 11 is 2.34. The van der Waals surface area contributed by atoms with Gasteiger partial charge in [0.25, 0.3) is 0 Å². The lowest BCUT2D eigenvalue weighted by molar-refractivity contribution is -0.133. The number of carbonyl (C=O) groups is 1. The van der Waals surface area contributed by atoms with E-state index >= 15 is 0 Å². The number of halogens is 1. The van der Waals surface area contributed by atoms with Gasteiger partial charge in [0.15, 0.2) is 0 Å². The Hall–Kier alpha value is 0.160. The van der Waals surface area contributed by atoms with Gasteiger partial charge in [-0.1, -0.05) is 22.6 Å². The van der Waals surface area contributed by atoms with Crippen LogP contribution in [0.25, 0.3) is 0 Å². The van der Waals surface area contributed by atoms with Crippen LogP contribution in [-0.2, 0) is 4.79 Å². The fraction of sp³-hybridized carbons (Fsp3) is 0.900. The minimum absolute atomic E-state index is 0.202. The Morgan fingerprint density at radius 2 is 1.93 bits per heavy atom. The lowest BCUT2D eigenvalue weighted by atomic mass is 10.1. The third-order valence-electron chi connectivity index (χ3n) is 2.59. The summed E-state index contributed by atoms with van der Waals surface area (Å²) in [5.74, 6) is 0.215. The first-order valence-electron chi connectivity index (χ1n) is 4.98. The molecule has 14 heavy (non-hydrogen) atoms. The van der Waals surface area contributed by atoms with E-state index in [2.05, 4.69) is 41.8 Å². The first kappa shape index (κ1) is 12.2. The fourth-order valence-electron chi connectivity index (χ4n) is 2.08. The Balaban J connectivity index is 2.77. The number of carbonyl (C=O) groups excluding carboxylic acids is 1. The zero-order valence-electron chi connectivity index (χ0n) is 9.35. The zero-order chi connectivity index (χ0) is 11.0. The first-order chi connectivity index (χ1) is 6.31. The quantitative estimate of drug-likeness (QED) is 0.636. The second kappa shape index (κ2) is 3.96. The monoisotopic (exact) mass is 310 g/mol. The highest BCUT2D eigenvalue weighted by molar-refractivity contribution is 14.1. The van der Waals surface area contributed by atoms with Gasteiger partial charge in [-0.05, 0) is 34.1 Å². The van der Waals surface area contributed by atoms with Gasteiger partial charge in [-0.3, -0.25) is 10.1 Å². The summed E-state index contributed by atoms with van der Waals surface area (Å²) in [5, 5.41) is 3.35. The van der Waals surface area contributed by atoms with E-state index in [1.807, 2.05) is 18.7 Å². The molecule has 0 bridgehead atoms. The van der Waals surface area contributed by atoms with E-state index in [0.717, 1.165) is 17.4 Å². The molecule has 0 radical (unpaired) electrons. The lowest BCUT2D eigenvalue weighted by Crippen LogP contribution is -2.48. The number of nitrogens with zero attached hydrogens (tertiary/aromatic N) is 1. The van der Waals surface area contributed by atoms with Gasteiger partial charge in [-0.15, -0.1) is 0 Å². The molecular weight excluding hydrogens is 291 g/mol. The summed E-state index contributed by atoms with van der Waals surface area (Å²) in [7, 11) is 0. The number of rotatable bonds is 3. The molecule has 4 heteroatoms. The molecule has 0 aromatic rings. The minimum Gasteiger partial charge on any atom is -0.323 e. The number of alkyl halides is 1. The van der Waals surface area contributed by atoms with Crippen LogP contribution in [0.3, 0.4) is 0 Å². The van der Waals surface area contributed by atoms with Crippen LogP contribution >= 0.6 is 22.6 Å². The predicted octanol–water partition coefficient (Wildman–Crippen LogP) is 1.76. The largest absolute Gasteiger partial charge is 0.323 e. The van der Waals surface area contributed by atoms with E-state index in [1.54, 1.807) is 0 Å². The molecule has 0 atom stereocenters. The van der Waals surface area contributed by atoms with Gasteiger partial charge in [0, 0.05) is 11.0 Å². The number of nitrogens with one attached hydrogen (secondary N) is 1. The van der Waals surface area contributed by atoms with Crippen LogP contribution < -0.4 is 5.32 Å². The summed E-state index contributed by atoms with van der Waals surface area (Å²) < 4.78 is 1.10. The summed E-state index contributed by atoms with van der Waals surface area (Å²) in [6.45, 7) is 8.87. The number of hydrogen-bond donors (Lipinski definition) is 1. The van der Waals surface area contributed by atoms with E-state index in [-0.39, 0.29) is 11.6 Å². The summed E-state index contributed by atoms with van der Waals surface area (Å²) in [6, 6.07) is 0. The second-order valence-corrected chi connectivity index (χ2v) is 5.89. The Morgan fingerprint density at radius 3 is 2.29 bits per heavy atom. The van der Waals surface area contributed by atoms with Crippen LogP contribution in [0.4, 0.5) is 0 Å². The Kier molecular flexibility index (Phi) is 3.46. The van der Waals surface area contributed by atoms with Crippen LogP contribution in [0, 0.1) is 0 Å². The molecule has 1 saturated heterocycles. The average Bonchev–Trinajstić information content (AvgIpc) is 2.16. The molecule has 1 amide bonds. The maximum Gasteiger partial charge on any atom is 0.243 e. The van der Waals surface area contributed by atoms with Crippen molar-refractivity contribution in [2.45, 2.75) is 45.3 Å². The van der Waals surface area contributed by atoms with Crippen molar-refractivity contribution in [3.8, 4) is 0 Å². The van der Waals surface area contributed by atoms with E-state index in [9.17, 15) is 4.79 Å². The molecule has 0 unspecified atom stereocenters. The molecule has 1 aliphatic rings. The Bertz CT molecular complexity index is 238. The van der Waals surface area contributed by atoms with Gasteiger partial charge < -0.3 is 4.90 Å². The first-order valence-corrected chi connectivity index (χ1v) is 6.51. The van der Waals surface area contributed by atoms with Gasteiger partial charge in [0.1, 0.15) is 0 Å². The van der Waals surface area contributed by atoms with Gasteiger partial charge in [0.2, 0.25) is 5.91 Å². The SMILES string of the molecule is CC1(C)NC(C)(C)N(CCCI)C1=O. The molecule has 82 valence electrons. The molecule has 0 aliphatic carbocycles. The molecule has 3 nitrogen and oxygen atoms in total. The molecule has 0 spiro atoms. The molecule has 1 heterocycles. The van der Waals surface area contributed by atoms with E-state index in [4.69, 9.17) is 0 Å². The average molecular weight is 310 g/mol. The highest BCUT2D eigenvalue weighted by atomic mass is 127. The zero-order valence-corrected chi connectivity index (χ0v) is 11.5. The standard InChI is InChI=1S/C10H19IN2O/c1-9(2)8(14)13(7-5-6-11)10(3,4)12-9/h12H,5-7H2,1-4H3. The molecule has 1 rings (SSSR count). The Labute approximate surface area is 99.8 Å². The predicted molar refractivity (Wildman–Crippen MR) is 66.5 cm³/mol. The van der Waals surface area contributed by atoms with Gasteiger partial charge in [-0.2, -0.15) is 0 Å². The van der Waals surface area contributed by atoms with Gasteiger partial charge >= 0.3 is 0 Å². The topological polar surface area (TPSA) is 32.3 Å². The van der Waals surface area contributed by atoms with Crippen molar-refractivity contribution in [1.82, 2.24) is 10.2 Å². The molecule has 0 aromatic carbocycles. The molecular formula is C10H19IN2O. The van der Waals surface area contributed by atoms with Gasteiger partial charge in [0.05, 0.1) is 11.2 Å². The van der Waals surface area contributed by atoms with Crippen LogP contribution in [0.2, 0.25) is 0 Å². The van der Waals surface area contributed by atoms with Crippen molar-refractivity contribution in [1.29, 1.82) is 0 Å². The lowest BCUT2D eigenvalue weighted by Gasteiger charge is -2.31. The Morgan fingerprint density at radius 1 is 1.36 bits per heavy atom. The van der Waals surface area contributed by atoms with Crippen molar-refractivity contribution >= 4 is 28.5 Å². The van der Waals surface area contributed by atoms with Crippen LogP contribution in [0.1, 0.15) is 34.1 Å². The van der Waals surface area contributed by atoms with E-state index in [0.29, 0.717) is 0 Å². The maximum absolute atomic E-state index is 12.0. The minimum atomic E-state index is -0.408. The van der Waals surface area contributed by atoms with Crippen molar-refractivity contribution < 1.29 is 4.79 Å². The van der Waals surface area contributed by atoms with Crippen molar-refractivity contribution in [3.05, 3.63) is 0 Å². The number of amides is 1. The smallest absolute Gasteiger partial charge is 0.243 e. The summed E-state index contributed by atoms with van der Waals surface area (Å²) in [5.41, 5.74) is -0.610. The van der Waals surface area contributed by atoms with Crippen LogP contribution in [0.5, 0.6) is 0 Å². The molecule has 1 aliphatic heterocycles. The molecule has 0 saturated carbocycles. The third-order valence-corrected chi connectivity index (χ3v) is 3.35. The van der Waals surface area contributed by atoms with Gasteiger partial charge in [-0.25, -0.2) is 0 Å². The maximum atomic E-state index is 12.0. The fourth-order valence-corrected chi connectivity index (χ4v) is 2.42. The van der Waals surface area contributed by atoms with Crippen LogP contribution in [0.15, 0.2) is 0 Å². The van der Waals surface area contributed by atoms with E-state index in [1.165, 1.54) is 0 Å². The third kappa shape index (κ3) is 2.21. The summed E-state index contributed by atoms with van der Waals surface area (Å²) in [4.78, 5) is 14.0. The van der Waals surface area contributed by atoms with Crippen LogP contribution in [-0.4, -0.2) is 33.0 Å². The summed E-state index contributed by atoms with van der Waals surface area (Å²) in [6.07, 6.45) is 1.06. The normalized spacial score (nSPS) is 24.4. The molecule has 1 fully saturated rings. The highest BCUT2D eigenvalue weighted by Crippen LogP contribution is 2.27.